The Morgan fingerprint density at radius 1 is 1.24 bits per heavy atom. The molecule has 2 aromatic carbocycles. The number of aliphatic hydroxyl groups excluding tert-OH is 1. The van der Waals surface area contributed by atoms with E-state index in [0.717, 1.165) is 33.7 Å². The highest BCUT2D eigenvalue weighted by atomic mass is 16.5. The molecule has 0 unspecified atom stereocenters. The summed E-state index contributed by atoms with van der Waals surface area (Å²) in [4.78, 5) is 11.4. The Bertz CT molecular complexity index is 698. The van der Waals surface area contributed by atoms with Crippen molar-refractivity contribution in [1.29, 1.82) is 0 Å². The number of carbonyl (C=O) groups is 1. The number of nitrogens with one attached hydrogen (secondary N) is 2. The van der Waals surface area contributed by atoms with Gasteiger partial charge in [-0.15, -0.1) is 0 Å². The van der Waals surface area contributed by atoms with Crippen molar-refractivity contribution < 1.29 is 14.6 Å². The number of carbonyl (C=O) groups excluding carboxylic acids is 1. The summed E-state index contributed by atoms with van der Waals surface area (Å²) >= 11 is 0. The number of fused-ring (bicyclic) bond motifs is 1. The summed E-state index contributed by atoms with van der Waals surface area (Å²) in [5, 5.41) is 14.8. The summed E-state index contributed by atoms with van der Waals surface area (Å²) in [6, 6.07) is 11.2. The molecule has 1 aliphatic rings. The van der Waals surface area contributed by atoms with Crippen LogP contribution in [0.3, 0.4) is 0 Å². The summed E-state index contributed by atoms with van der Waals surface area (Å²) < 4.78 is 5.38. The third kappa shape index (κ3) is 2.55. The van der Waals surface area contributed by atoms with Crippen molar-refractivity contribution in [3.63, 3.8) is 0 Å². The van der Waals surface area contributed by atoms with Crippen LogP contribution in [0.25, 0.3) is 11.1 Å². The van der Waals surface area contributed by atoms with Gasteiger partial charge in [0.2, 0.25) is 0 Å². The predicted octanol–water partition coefficient (Wildman–Crippen LogP) is 2.49. The average Bonchev–Trinajstić information content (AvgIpc) is 2.53. The van der Waals surface area contributed by atoms with Crippen LogP contribution in [0, 0.1) is 0 Å². The summed E-state index contributed by atoms with van der Waals surface area (Å²) in [5.74, 6) is 0.729. The van der Waals surface area contributed by atoms with Crippen LogP contribution in [0.1, 0.15) is 11.1 Å². The minimum atomic E-state index is -0.198. The van der Waals surface area contributed by atoms with Crippen LogP contribution < -0.4 is 15.4 Å². The number of hydrogen-bond donors (Lipinski definition) is 3. The molecular formula is C16H16N2O3. The summed E-state index contributed by atoms with van der Waals surface area (Å²) in [7, 11) is 1.61. The molecule has 0 aliphatic carbocycles. The zero-order chi connectivity index (χ0) is 14.8. The van der Waals surface area contributed by atoms with Gasteiger partial charge in [-0.05, 0) is 34.9 Å². The summed E-state index contributed by atoms with van der Waals surface area (Å²) in [6.07, 6.45) is 0. The van der Waals surface area contributed by atoms with Gasteiger partial charge in [0.15, 0.2) is 0 Å². The third-order valence-electron chi connectivity index (χ3n) is 3.55. The van der Waals surface area contributed by atoms with Crippen LogP contribution in [0.4, 0.5) is 10.5 Å². The third-order valence-corrected chi connectivity index (χ3v) is 3.55. The smallest absolute Gasteiger partial charge is 0.319 e. The van der Waals surface area contributed by atoms with E-state index in [1.165, 1.54) is 0 Å². The number of hydrogen-bond acceptors (Lipinski definition) is 3. The number of aliphatic hydroxyl groups is 1. The number of urea groups is 1. The molecule has 1 heterocycles. The standard InChI is InChI=1S/C16H16N2O3/c1-21-15-5-2-10(9-19)6-13(15)11-3-4-12-8-17-16(20)18-14(12)7-11/h2-7,19H,8-9H2,1H3,(H2,17,18,20). The fourth-order valence-electron chi connectivity index (χ4n) is 2.44. The van der Waals surface area contributed by atoms with Gasteiger partial charge in [0, 0.05) is 17.8 Å². The maximum atomic E-state index is 11.4. The van der Waals surface area contributed by atoms with Crippen molar-refractivity contribution in [2.75, 3.05) is 12.4 Å². The number of methoxy groups -OCH3 is 1. The lowest BCUT2D eigenvalue weighted by Gasteiger charge is -2.19. The van der Waals surface area contributed by atoms with Crippen LogP contribution >= 0.6 is 0 Å². The van der Waals surface area contributed by atoms with E-state index >= 15 is 0 Å². The first-order chi connectivity index (χ1) is 10.2. The predicted molar refractivity (Wildman–Crippen MR) is 80.2 cm³/mol. The summed E-state index contributed by atoms with van der Waals surface area (Å²) in [6.45, 7) is 0.498. The van der Waals surface area contributed by atoms with E-state index in [1.54, 1.807) is 7.11 Å². The van der Waals surface area contributed by atoms with E-state index in [0.29, 0.717) is 6.54 Å². The molecular weight excluding hydrogens is 268 g/mol. The van der Waals surface area contributed by atoms with Crippen LogP contribution in [0.15, 0.2) is 36.4 Å². The van der Waals surface area contributed by atoms with Crippen LogP contribution in [0.2, 0.25) is 0 Å². The van der Waals surface area contributed by atoms with Gasteiger partial charge in [-0.1, -0.05) is 18.2 Å². The Morgan fingerprint density at radius 2 is 2.10 bits per heavy atom. The first kappa shape index (κ1) is 13.5. The topological polar surface area (TPSA) is 70.6 Å². The normalized spacial score (nSPS) is 13.1. The van der Waals surface area contributed by atoms with E-state index in [1.807, 2.05) is 36.4 Å². The average molecular weight is 284 g/mol. The Morgan fingerprint density at radius 3 is 2.86 bits per heavy atom. The van der Waals surface area contributed by atoms with E-state index in [4.69, 9.17) is 4.74 Å². The van der Waals surface area contributed by atoms with Crippen molar-refractivity contribution in [2.24, 2.45) is 0 Å². The number of anilines is 1. The maximum Gasteiger partial charge on any atom is 0.319 e. The Balaban J connectivity index is 2.08. The molecule has 5 heteroatoms. The molecule has 0 aromatic heterocycles. The van der Waals surface area contributed by atoms with Crippen LogP contribution in [-0.4, -0.2) is 18.2 Å². The second-order valence-corrected chi connectivity index (χ2v) is 4.87. The molecule has 1 aliphatic heterocycles. The van der Waals surface area contributed by atoms with E-state index in [9.17, 15) is 9.90 Å². The SMILES string of the molecule is COc1ccc(CO)cc1-c1ccc2c(c1)NC(=O)NC2. The van der Waals surface area contributed by atoms with Crippen molar-refractivity contribution in [3.8, 4) is 16.9 Å². The zero-order valence-corrected chi connectivity index (χ0v) is 11.6. The lowest BCUT2D eigenvalue weighted by Crippen LogP contribution is -2.33. The molecule has 3 rings (SSSR count). The van der Waals surface area contributed by atoms with Gasteiger partial charge < -0.3 is 20.5 Å². The van der Waals surface area contributed by atoms with Crippen molar-refractivity contribution >= 4 is 11.7 Å². The number of benzene rings is 2. The molecule has 0 fully saturated rings. The quantitative estimate of drug-likeness (QED) is 0.811. The lowest BCUT2D eigenvalue weighted by molar-refractivity contribution is 0.251. The highest BCUT2D eigenvalue weighted by Gasteiger charge is 2.15. The van der Waals surface area contributed by atoms with Crippen molar-refractivity contribution in [2.45, 2.75) is 13.2 Å². The highest BCUT2D eigenvalue weighted by Crippen LogP contribution is 2.34. The van der Waals surface area contributed by atoms with Gasteiger partial charge in [0.25, 0.3) is 0 Å². The van der Waals surface area contributed by atoms with E-state index in [2.05, 4.69) is 10.6 Å². The second kappa shape index (κ2) is 5.46. The molecule has 5 nitrogen and oxygen atoms in total. The fourth-order valence-corrected chi connectivity index (χ4v) is 2.44. The van der Waals surface area contributed by atoms with Gasteiger partial charge in [-0.2, -0.15) is 0 Å². The van der Waals surface area contributed by atoms with Gasteiger partial charge in [-0.3, -0.25) is 0 Å². The molecule has 0 bridgehead atoms. The molecule has 108 valence electrons. The van der Waals surface area contributed by atoms with Crippen molar-refractivity contribution in [3.05, 3.63) is 47.5 Å². The van der Waals surface area contributed by atoms with Crippen molar-refractivity contribution in [1.82, 2.24) is 5.32 Å². The fraction of sp³-hybridized carbons (Fsp3) is 0.188. The van der Waals surface area contributed by atoms with E-state index in [-0.39, 0.29) is 12.6 Å². The molecule has 0 saturated heterocycles. The van der Waals surface area contributed by atoms with Crippen LogP contribution in [0.5, 0.6) is 5.75 Å². The Kier molecular flexibility index (Phi) is 3.50. The molecule has 0 saturated carbocycles. The zero-order valence-electron chi connectivity index (χ0n) is 11.6. The second-order valence-electron chi connectivity index (χ2n) is 4.87. The van der Waals surface area contributed by atoms with Gasteiger partial charge in [0.05, 0.1) is 13.7 Å². The number of rotatable bonds is 3. The molecule has 2 amide bonds. The summed E-state index contributed by atoms with van der Waals surface area (Å²) in [5.41, 5.74) is 4.47. The molecule has 0 atom stereocenters. The monoisotopic (exact) mass is 284 g/mol. The first-order valence-corrected chi connectivity index (χ1v) is 6.67. The maximum absolute atomic E-state index is 11.4. The minimum Gasteiger partial charge on any atom is -0.496 e. The largest absolute Gasteiger partial charge is 0.496 e. The van der Waals surface area contributed by atoms with Gasteiger partial charge in [0.1, 0.15) is 5.75 Å². The number of ether oxygens (including phenoxy) is 1. The molecule has 3 N–H and O–H groups in total. The van der Waals surface area contributed by atoms with Gasteiger partial charge >= 0.3 is 6.03 Å². The van der Waals surface area contributed by atoms with Gasteiger partial charge in [-0.25, -0.2) is 4.79 Å². The molecule has 0 radical (unpaired) electrons. The minimum absolute atomic E-state index is 0.0252. The Hall–Kier alpha value is -2.53. The van der Waals surface area contributed by atoms with E-state index < -0.39 is 0 Å². The number of amides is 2. The Labute approximate surface area is 122 Å². The molecule has 21 heavy (non-hydrogen) atoms. The highest BCUT2D eigenvalue weighted by molar-refractivity contribution is 5.93. The molecule has 2 aromatic rings. The molecule has 0 spiro atoms. The first-order valence-electron chi connectivity index (χ1n) is 6.67. The van der Waals surface area contributed by atoms with Crippen LogP contribution in [-0.2, 0) is 13.2 Å². The lowest BCUT2D eigenvalue weighted by atomic mass is 9.99.